The van der Waals surface area contributed by atoms with Crippen molar-refractivity contribution in [3.05, 3.63) is 24.3 Å². The van der Waals surface area contributed by atoms with Crippen LogP contribution in [-0.4, -0.2) is 26.7 Å². The van der Waals surface area contributed by atoms with Crippen LogP contribution >= 0.6 is 0 Å². The minimum atomic E-state index is -3.21. The Labute approximate surface area is 126 Å². The molecule has 1 aromatic rings. The van der Waals surface area contributed by atoms with Gasteiger partial charge in [0.05, 0.1) is 4.90 Å². The highest BCUT2D eigenvalue weighted by Gasteiger charge is 2.22. The zero-order valence-corrected chi connectivity index (χ0v) is 13.2. The highest BCUT2D eigenvalue weighted by Crippen LogP contribution is 2.23. The van der Waals surface area contributed by atoms with E-state index in [0.717, 1.165) is 25.5 Å². The highest BCUT2D eigenvalue weighted by atomic mass is 32.2. The Morgan fingerprint density at radius 2 is 1.76 bits per heavy atom. The second-order valence-corrected chi connectivity index (χ2v) is 7.78. The number of sulfone groups is 1. The molecule has 2 atom stereocenters. The summed E-state index contributed by atoms with van der Waals surface area (Å²) in [5.41, 5.74) is 0.586. The third-order valence-electron chi connectivity index (χ3n) is 3.97. The third kappa shape index (κ3) is 4.46. The molecular weight excluding hydrogens is 288 g/mol. The Morgan fingerprint density at radius 3 is 2.33 bits per heavy atom. The lowest BCUT2D eigenvalue weighted by atomic mass is 9.86. The molecule has 0 saturated heterocycles. The molecule has 0 heterocycles. The van der Waals surface area contributed by atoms with Crippen LogP contribution in [0, 0.1) is 5.92 Å². The molecule has 0 aromatic heterocycles. The molecule has 0 bridgehead atoms. The van der Waals surface area contributed by atoms with Gasteiger partial charge in [0.1, 0.15) is 0 Å². The molecule has 0 radical (unpaired) electrons. The van der Waals surface area contributed by atoms with Crippen LogP contribution in [0.1, 0.15) is 32.6 Å². The quantitative estimate of drug-likeness (QED) is 0.901. The summed E-state index contributed by atoms with van der Waals surface area (Å²) in [6.07, 6.45) is 5.70. The van der Waals surface area contributed by atoms with Gasteiger partial charge in [0.15, 0.2) is 9.84 Å². The molecule has 5 nitrogen and oxygen atoms in total. The minimum Gasteiger partial charge on any atom is -0.335 e. The second kappa shape index (κ2) is 6.47. The van der Waals surface area contributed by atoms with Crippen LogP contribution in [0.5, 0.6) is 0 Å². The van der Waals surface area contributed by atoms with Gasteiger partial charge < -0.3 is 10.6 Å². The number of benzene rings is 1. The number of carbonyl (C=O) groups excluding carboxylic acids is 1. The van der Waals surface area contributed by atoms with Gasteiger partial charge in [-0.25, -0.2) is 13.2 Å². The monoisotopic (exact) mass is 310 g/mol. The molecule has 1 fully saturated rings. The Morgan fingerprint density at radius 1 is 1.14 bits per heavy atom. The lowest BCUT2D eigenvalue weighted by Crippen LogP contribution is -2.43. The van der Waals surface area contributed by atoms with Crippen molar-refractivity contribution in [2.45, 2.75) is 43.5 Å². The van der Waals surface area contributed by atoms with Crippen LogP contribution in [0.15, 0.2) is 29.2 Å². The first-order chi connectivity index (χ1) is 9.86. The molecular formula is C15H22N2O3S. The van der Waals surface area contributed by atoms with E-state index in [-0.39, 0.29) is 17.0 Å². The van der Waals surface area contributed by atoms with E-state index in [2.05, 4.69) is 17.6 Å². The van der Waals surface area contributed by atoms with Crippen molar-refractivity contribution in [3.63, 3.8) is 0 Å². The van der Waals surface area contributed by atoms with E-state index < -0.39 is 9.84 Å². The summed E-state index contributed by atoms with van der Waals surface area (Å²) >= 11 is 0. The number of nitrogens with one attached hydrogen (secondary N) is 2. The van der Waals surface area contributed by atoms with Crippen LogP contribution in [-0.2, 0) is 9.84 Å². The Bertz CT molecular complexity index is 596. The number of hydrogen-bond donors (Lipinski definition) is 2. The number of amides is 2. The second-order valence-electron chi connectivity index (χ2n) is 5.76. The molecule has 0 unspecified atom stereocenters. The molecule has 2 rings (SSSR count). The van der Waals surface area contributed by atoms with Crippen molar-refractivity contribution in [2.24, 2.45) is 5.92 Å². The summed E-state index contributed by atoms with van der Waals surface area (Å²) in [5, 5.41) is 5.74. The predicted molar refractivity (Wildman–Crippen MR) is 83.1 cm³/mol. The largest absolute Gasteiger partial charge is 0.335 e. The molecule has 1 aliphatic carbocycles. The van der Waals surface area contributed by atoms with E-state index in [1.807, 2.05) is 0 Å². The topological polar surface area (TPSA) is 75.3 Å². The molecule has 6 heteroatoms. The number of hydrogen-bond acceptors (Lipinski definition) is 3. The maximum atomic E-state index is 12.0. The van der Waals surface area contributed by atoms with E-state index in [0.29, 0.717) is 11.6 Å². The van der Waals surface area contributed by atoms with Gasteiger partial charge in [-0.1, -0.05) is 19.8 Å². The predicted octanol–water partition coefficient (Wildman–Crippen LogP) is 2.79. The highest BCUT2D eigenvalue weighted by molar-refractivity contribution is 7.90. The van der Waals surface area contributed by atoms with E-state index in [1.54, 1.807) is 12.1 Å². The Kier molecular flexibility index (Phi) is 4.88. The number of anilines is 1. The normalized spacial score (nSPS) is 22.6. The lowest BCUT2D eigenvalue weighted by molar-refractivity contribution is 0.232. The molecule has 2 N–H and O–H groups in total. The molecule has 0 spiro atoms. The molecule has 1 saturated carbocycles. The molecule has 21 heavy (non-hydrogen) atoms. The molecule has 1 aromatic carbocycles. The van der Waals surface area contributed by atoms with Gasteiger partial charge in [0, 0.05) is 18.0 Å². The maximum Gasteiger partial charge on any atom is 0.319 e. The zero-order valence-electron chi connectivity index (χ0n) is 12.4. The van der Waals surface area contributed by atoms with E-state index in [9.17, 15) is 13.2 Å². The summed E-state index contributed by atoms with van der Waals surface area (Å²) in [6.45, 7) is 2.16. The first-order valence-corrected chi connectivity index (χ1v) is 9.13. The summed E-state index contributed by atoms with van der Waals surface area (Å²) < 4.78 is 22.7. The van der Waals surface area contributed by atoms with Gasteiger partial charge in [-0.2, -0.15) is 0 Å². The smallest absolute Gasteiger partial charge is 0.319 e. The minimum absolute atomic E-state index is 0.217. The fourth-order valence-corrected chi connectivity index (χ4v) is 3.28. The summed E-state index contributed by atoms with van der Waals surface area (Å²) in [7, 11) is -3.21. The molecule has 2 amide bonds. The van der Waals surface area contributed by atoms with Crippen LogP contribution in [0.3, 0.4) is 0 Å². The van der Waals surface area contributed by atoms with Gasteiger partial charge in [-0.3, -0.25) is 0 Å². The van der Waals surface area contributed by atoms with Crippen molar-refractivity contribution >= 4 is 21.6 Å². The SMILES string of the molecule is C[C@H]1CCCC[C@@H]1NC(=O)Nc1ccc(S(C)(=O)=O)cc1. The van der Waals surface area contributed by atoms with Crippen molar-refractivity contribution in [2.75, 3.05) is 11.6 Å². The molecule has 116 valence electrons. The first kappa shape index (κ1) is 15.8. The standard InChI is InChI=1S/C15H22N2O3S/c1-11-5-3-4-6-14(11)17-15(18)16-12-7-9-13(10-8-12)21(2,19)20/h7-11,14H,3-6H2,1-2H3,(H2,16,17,18)/t11-,14-/m0/s1. The summed E-state index contributed by atoms with van der Waals surface area (Å²) in [5.74, 6) is 0.497. The van der Waals surface area contributed by atoms with Crippen molar-refractivity contribution in [1.82, 2.24) is 5.32 Å². The molecule has 0 aliphatic heterocycles. The van der Waals surface area contributed by atoms with Crippen LogP contribution in [0.4, 0.5) is 10.5 Å². The van der Waals surface area contributed by atoms with Gasteiger partial charge >= 0.3 is 6.03 Å². The van der Waals surface area contributed by atoms with E-state index in [4.69, 9.17) is 0 Å². The van der Waals surface area contributed by atoms with Gasteiger partial charge in [0.2, 0.25) is 0 Å². The Hall–Kier alpha value is -1.56. The lowest BCUT2D eigenvalue weighted by Gasteiger charge is -2.29. The van der Waals surface area contributed by atoms with Gasteiger partial charge in [0.25, 0.3) is 0 Å². The first-order valence-electron chi connectivity index (χ1n) is 7.24. The van der Waals surface area contributed by atoms with Crippen molar-refractivity contribution in [3.8, 4) is 0 Å². The Balaban J connectivity index is 1.93. The van der Waals surface area contributed by atoms with Crippen molar-refractivity contribution < 1.29 is 13.2 Å². The fourth-order valence-electron chi connectivity index (χ4n) is 2.65. The van der Waals surface area contributed by atoms with Crippen LogP contribution < -0.4 is 10.6 Å². The third-order valence-corrected chi connectivity index (χ3v) is 5.10. The van der Waals surface area contributed by atoms with Gasteiger partial charge in [-0.15, -0.1) is 0 Å². The maximum absolute atomic E-state index is 12.0. The number of rotatable bonds is 3. The van der Waals surface area contributed by atoms with Crippen LogP contribution in [0.2, 0.25) is 0 Å². The average molecular weight is 310 g/mol. The zero-order chi connectivity index (χ0) is 15.5. The average Bonchev–Trinajstić information content (AvgIpc) is 2.41. The van der Waals surface area contributed by atoms with Gasteiger partial charge in [-0.05, 0) is 43.0 Å². The van der Waals surface area contributed by atoms with E-state index >= 15 is 0 Å². The van der Waals surface area contributed by atoms with Crippen LogP contribution in [0.25, 0.3) is 0 Å². The molecule has 1 aliphatic rings. The summed E-state index contributed by atoms with van der Waals surface area (Å²) in [4.78, 5) is 12.2. The number of carbonyl (C=O) groups is 1. The summed E-state index contributed by atoms with van der Waals surface area (Å²) in [6, 6.07) is 6.16. The fraction of sp³-hybridized carbons (Fsp3) is 0.533. The van der Waals surface area contributed by atoms with Crippen molar-refractivity contribution in [1.29, 1.82) is 0 Å². The number of urea groups is 1. The van der Waals surface area contributed by atoms with E-state index in [1.165, 1.54) is 18.6 Å².